The molecule has 3 nitrogen and oxygen atoms in total. The molecule has 25 heavy (non-hydrogen) atoms. The number of nitrogens with one attached hydrogen (secondary N) is 1. The molecule has 4 heteroatoms. The molecule has 3 aromatic rings. The SMILES string of the molecule is [O-]P1O[C@@H](c2ccccc2)[C@@H](c2ccccc2)N[C@@H]1c1ccccc1. The molecule has 1 aliphatic heterocycles. The van der Waals surface area contributed by atoms with Crippen LogP contribution >= 0.6 is 8.38 Å². The first-order valence-electron chi connectivity index (χ1n) is 8.37. The van der Waals surface area contributed by atoms with Crippen LogP contribution in [-0.4, -0.2) is 0 Å². The van der Waals surface area contributed by atoms with E-state index in [9.17, 15) is 4.89 Å². The van der Waals surface area contributed by atoms with Gasteiger partial charge in [-0.25, -0.2) is 0 Å². The minimum atomic E-state index is -1.87. The molecule has 1 heterocycles. The van der Waals surface area contributed by atoms with Gasteiger partial charge in [0.05, 0.1) is 11.8 Å². The van der Waals surface area contributed by atoms with Gasteiger partial charge in [0.2, 0.25) is 0 Å². The maximum absolute atomic E-state index is 12.8. The lowest BCUT2D eigenvalue weighted by Crippen LogP contribution is -2.38. The summed E-state index contributed by atoms with van der Waals surface area (Å²) >= 11 is 0. The first-order chi connectivity index (χ1) is 12.3. The van der Waals surface area contributed by atoms with Crippen molar-refractivity contribution in [2.75, 3.05) is 0 Å². The molecule has 4 atom stereocenters. The molecule has 1 N–H and O–H groups in total. The van der Waals surface area contributed by atoms with Crippen LogP contribution in [0.15, 0.2) is 91.0 Å². The monoisotopic (exact) mass is 348 g/mol. The van der Waals surface area contributed by atoms with Crippen molar-refractivity contribution in [3.8, 4) is 0 Å². The Morgan fingerprint density at radius 3 is 1.72 bits per heavy atom. The van der Waals surface area contributed by atoms with Crippen molar-refractivity contribution in [1.29, 1.82) is 0 Å². The maximum atomic E-state index is 12.8. The third kappa shape index (κ3) is 3.51. The van der Waals surface area contributed by atoms with Crippen molar-refractivity contribution in [2.45, 2.75) is 17.9 Å². The number of rotatable bonds is 3. The van der Waals surface area contributed by atoms with Crippen molar-refractivity contribution in [1.82, 2.24) is 5.32 Å². The fourth-order valence-electron chi connectivity index (χ4n) is 3.23. The summed E-state index contributed by atoms with van der Waals surface area (Å²) in [5.41, 5.74) is 3.13. The number of hydrogen-bond donors (Lipinski definition) is 1. The first kappa shape index (κ1) is 16.4. The Balaban J connectivity index is 1.71. The van der Waals surface area contributed by atoms with Gasteiger partial charge in [0, 0.05) is 0 Å². The van der Waals surface area contributed by atoms with Gasteiger partial charge in [0.15, 0.2) is 0 Å². The van der Waals surface area contributed by atoms with Crippen LogP contribution in [0.2, 0.25) is 0 Å². The summed E-state index contributed by atoms with van der Waals surface area (Å²) in [6.45, 7) is 0. The number of benzene rings is 3. The van der Waals surface area contributed by atoms with Gasteiger partial charge in [-0.3, -0.25) is 5.32 Å². The topological polar surface area (TPSA) is 44.3 Å². The molecule has 0 amide bonds. The van der Waals surface area contributed by atoms with Crippen LogP contribution in [0, 0.1) is 0 Å². The third-order valence-corrected chi connectivity index (χ3v) is 5.77. The highest BCUT2D eigenvalue weighted by molar-refractivity contribution is 7.45. The average molecular weight is 348 g/mol. The Morgan fingerprint density at radius 2 is 1.16 bits per heavy atom. The third-order valence-electron chi connectivity index (χ3n) is 4.47. The lowest BCUT2D eigenvalue weighted by Gasteiger charge is -2.46. The van der Waals surface area contributed by atoms with Crippen LogP contribution in [-0.2, 0) is 4.52 Å². The van der Waals surface area contributed by atoms with E-state index in [1.165, 1.54) is 0 Å². The number of hydrogen-bond acceptors (Lipinski definition) is 3. The quantitative estimate of drug-likeness (QED) is 0.711. The molecule has 0 aromatic heterocycles. The lowest BCUT2D eigenvalue weighted by atomic mass is 9.95. The summed E-state index contributed by atoms with van der Waals surface area (Å²) in [5.74, 6) is -0.318. The highest BCUT2D eigenvalue weighted by Gasteiger charge is 2.35. The van der Waals surface area contributed by atoms with Gasteiger partial charge in [-0.1, -0.05) is 91.0 Å². The molecule has 0 spiro atoms. The molecule has 0 aliphatic carbocycles. The fraction of sp³-hybridized carbons (Fsp3) is 0.143. The molecule has 0 radical (unpaired) electrons. The Hall–Kier alpha value is -2.03. The predicted molar refractivity (Wildman–Crippen MR) is 98.7 cm³/mol. The van der Waals surface area contributed by atoms with Gasteiger partial charge >= 0.3 is 0 Å². The zero-order chi connectivity index (χ0) is 17.1. The van der Waals surface area contributed by atoms with Crippen molar-refractivity contribution in [2.24, 2.45) is 0 Å². The summed E-state index contributed by atoms with van der Waals surface area (Å²) in [4.78, 5) is 12.8. The molecule has 3 aromatic carbocycles. The summed E-state index contributed by atoms with van der Waals surface area (Å²) in [6, 6.07) is 30.0. The largest absolute Gasteiger partial charge is 0.807 e. The van der Waals surface area contributed by atoms with Gasteiger partial charge < -0.3 is 9.42 Å². The predicted octanol–water partition coefficient (Wildman–Crippen LogP) is 4.46. The standard InChI is InChI=1S/C21H19NO2P/c23-25-21(18-14-8-3-9-15-18)22-19(16-10-4-1-5-11-16)20(24-25)17-12-6-2-7-13-17/h1-15,19-22H/q-1/t19-,20+,21+,25?/m1/s1. The van der Waals surface area contributed by atoms with Crippen LogP contribution in [0.1, 0.15) is 34.6 Å². The molecule has 4 rings (SSSR count). The second kappa shape index (κ2) is 7.47. The molecule has 1 fully saturated rings. The molecular formula is C21H19NO2P-. The normalized spacial score (nSPS) is 26.3. The molecule has 0 saturated carbocycles. The Kier molecular flexibility index (Phi) is 4.91. The zero-order valence-corrected chi connectivity index (χ0v) is 14.6. The molecule has 1 unspecified atom stereocenters. The second-order valence-electron chi connectivity index (χ2n) is 6.09. The molecular weight excluding hydrogens is 329 g/mol. The van der Waals surface area contributed by atoms with Crippen LogP contribution in [0.4, 0.5) is 0 Å². The van der Waals surface area contributed by atoms with Gasteiger partial charge in [0.1, 0.15) is 6.10 Å². The van der Waals surface area contributed by atoms with Crippen molar-refractivity contribution < 1.29 is 9.42 Å². The van der Waals surface area contributed by atoms with Crippen LogP contribution in [0.25, 0.3) is 0 Å². The minimum Gasteiger partial charge on any atom is -0.807 e. The highest BCUT2D eigenvalue weighted by Crippen LogP contribution is 2.55. The van der Waals surface area contributed by atoms with Gasteiger partial charge in [-0.15, -0.1) is 0 Å². The molecule has 126 valence electrons. The van der Waals surface area contributed by atoms with E-state index in [0.717, 1.165) is 16.7 Å². The zero-order valence-electron chi connectivity index (χ0n) is 13.7. The summed E-state index contributed by atoms with van der Waals surface area (Å²) in [5, 5.41) is 3.58. The van der Waals surface area contributed by atoms with E-state index in [1.54, 1.807) is 0 Å². The molecule has 1 saturated heterocycles. The molecule has 0 bridgehead atoms. The summed E-state index contributed by atoms with van der Waals surface area (Å²) in [7, 11) is -1.87. The Bertz CT molecular complexity index is 798. The van der Waals surface area contributed by atoms with Crippen molar-refractivity contribution in [3.63, 3.8) is 0 Å². The van der Waals surface area contributed by atoms with E-state index in [4.69, 9.17) is 4.52 Å². The second-order valence-corrected chi connectivity index (χ2v) is 7.39. The minimum absolute atomic E-state index is 0.0680. The van der Waals surface area contributed by atoms with Gasteiger partial charge in [0.25, 0.3) is 0 Å². The smallest absolute Gasteiger partial charge is 0.105 e. The lowest BCUT2D eigenvalue weighted by molar-refractivity contribution is -0.193. The molecule has 1 aliphatic rings. The highest BCUT2D eigenvalue weighted by atomic mass is 31.2. The van der Waals surface area contributed by atoms with Crippen molar-refractivity contribution in [3.05, 3.63) is 108 Å². The fourth-order valence-corrected chi connectivity index (χ4v) is 4.52. The van der Waals surface area contributed by atoms with Gasteiger partial charge in [-0.2, -0.15) is 0 Å². The van der Waals surface area contributed by atoms with E-state index in [2.05, 4.69) is 17.4 Å². The maximum Gasteiger partial charge on any atom is 0.105 e. The van der Waals surface area contributed by atoms with E-state index in [1.807, 2.05) is 78.9 Å². The Labute approximate surface area is 149 Å². The summed E-state index contributed by atoms with van der Waals surface area (Å²) in [6.07, 6.45) is -0.285. The van der Waals surface area contributed by atoms with E-state index < -0.39 is 8.38 Å². The van der Waals surface area contributed by atoms with E-state index in [-0.39, 0.29) is 17.9 Å². The van der Waals surface area contributed by atoms with Crippen LogP contribution in [0.3, 0.4) is 0 Å². The van der Waals surface area contributed by atoms with Gasteiger partial charge in [-0.05, 0) is 25.1 Å². The van der Waals surface area contributed by atoms with E-state index >= 15 is 0 Å². The van der Waals surface area contributed by atoms with Crippen molar-refractivity contribution >= 4 is 8.38 Å². The van der Waals surface area contributed by atoms with Crippen LogP contribution < -0.4 is 10.2 Å². The van der Waals surface area contributed by atoms with Crippen LogP contribution in [0.5, 0.6) is 0 Å². The van der Waals surface area contributed by atoms with E-state index in [0.29, 0.717) is 0 Å². The first-order valence-corrected chi connectivity index (χ1v) is 9.61. The Morgan fingerprint density at radius 1 is 0.680 bits per heavy atom. The summed E-state index contributed by atoms with van der Waals surface area (Å²) < 4.78 is 6.05. The average Bonchev–Trinajstić information content (AvgIpc) is 2.70.